The van der Waals surface area contributed by atoms with Gasteiger partial charge in [0.25, 0.3) is 0 Å². The molecule has 0 atom stereocenters. The molecule has 0 spiro atoms. The molecule has 4 aromatic carbocycles. The lowest BCUT2D eigenvalue weighted by Crippen LogP contribution is -1.88. The fourth-order valence-corrected chi connectivity index (χ4v) is 4.31. The van der Waals surface area contributed by atoms with Gasteiger partial charge in [0.05, 0.1) is 11.2 Å². The molecule has 1 aliphatic carbocycles. The Morgan fingerprint density at radius 1 is 0.429 bits per heavy atom. The summed E-state index contributed by atoms with van der Waals surface area (Å²) < 4.78 is 0. The van der Waals surface area contributed by atoms with Crippen LogP contribution in [0.2, 0.25) is 0 Å². The van der Waals surface area contributed by atoms with Crippen LogP contribution in [0, 0.1) is 0 Å². The molecule has 130 valence electrons. The number of pyridine rings is 1. The lowest BCUT2D eigenvalue weighted by molar-refractivity contribution is 1.40. The predicted octanol–water partition coefficient (Wildman–Crippen LogP) is 7.22. The fourth-order valence-electron chi connectivity index (χ4n) is 4.31. The van der Waals surface area contributed by atoms with Gasteiger partial charge < -0.3 is 0 Å². The third-order valence-electron chi connectivity index (χ3n) is 5.61. The van der Waals surface area contributed by atoms with Crippen molar-refractivity contribution in [1.29, 1.82) is 0 Å². The molecule has 0 saturated heterocycles. The Bertz CT molecular complexity index is 1350. The van der Waals surface area contributed by atoms with Gasteiger partial charge in [-0.15, -0.1) is 0 Å². The number of fused-ring (bicyclic) bond motifs is 3. The molecule has 0 fully saturated rings. The predicted molar refractivity (Wildman–Crippen MR) is 117 cm³/mol. The van der Waals surface area contributed by atoms with E-state index >= 15 is 0 Å². The van der Waals surface area contributed by atoms with Gasteiger partial charge in [0, 0.05) is 10.9 Å². The van der Waals surface area contributed by atoms with Crippen LogP contribution in [0.3, 0.4) is 0 Å². The largest absolute Gasteiger partial charge is 0.248 e. The van der Waals surface area contributed by atoms with Crippen molar-refractivity contribution in [2.24, 2.45) is 0 Å². The Morgan fingerprint density at radius 2 is 1.07 bits per heavy atom. The summed E-state index contributed by atoms with van der Waals surface area (Å²) in [6.07, 6.45) is 0. The first-order valence-corrected chi connectivity index (χ1v) is 9.58. The zero-order chi connectivity index (χ0) is 18.5. The minimum atomic E-state index is 1.02. The second-order valence-electron chi connectivity index (χ2n) is 7.25. The zero-order valence-corrected chi connectivity index (χ0v) is 15.3. The monoisotopic (exact) mass is 355 g/mol. The van der Waals surface area contributed by atoms with Crippen LogP contribution in [0.1, 0.15) is 0 Å². The average Bonchev–Trinajstić information content (AvgIpc) is 3.10. The van der Waals surface area contributed by atoms with Crippen molar-refractivity contribution in [2.45, 2.75) is 0 Å². The maximum Gasteiger partial charge on any atom is 0.0722 e. The summed E-state index contributed by atoms with van der Waals surface area (Å²) in [4.78, 5) is 5.02. The first kappa shape index (κ1) is 15.4. The summed E-state index contributed by atoms with van der Waals surface area (Å²) >= 11 is 0. The molecular weight excluding hydrogens is 338 g/mol. The molecule has 0 amide bonds. The molecule has 1 heteroatoms. The first-order valence-electron chi connectivity index (χ1n) is 9.58. The van der Waals surface area contributed by atoms with Gasteiger partial charge in [-0.1, -0.05) is 84.9 Å². The molecule has 0 N–H and O–H groups in total. The Labute approximate surface area is 163 Å². The highest BCUT2D eigenvalue weighted by atomic mass is 14.7. The number of rotatable bonds is 2. The highest BCUT2D eigenvalue weighted by Crippen LogP contribution is 2.47. The summed E-state index contributed by atoms with van der Waals surface area (Å²) in [5, 5.41) is 1.27. The minimum Gasteiger partial charge on any atom is -0.248 e. The Hall–Kier alpha value is -3.71. The van der Waals surface area contributed by atoms with Crippen molar-refractivity contribution in [1.82, 2.24) is 4.98 Å². The van der Waals surface area contributed by atoms with E-state index in [1.54, 1.807) is 0 Å². The van der Waals surface area contributed by atoms with Crippen molar-refractivity contribution in [2.75, 3.05) is 0 Å². The summed E-state index contributed by atoms with van der Waals surface area (Å²) in [6.45, 7) is 0. The van der Waals surface area contributed by atoms with Gasteiger partial charge >= 0.3 is 0 Å². The van der Waals surface area contributed by atoms with E-state index in [4.69, 9.17) is 4.98 Å². The molecule has 0 radical (unpaired) electrons. The van der Waals surface area contributed by atoms with E-state index in [-0.39, 0.29) is 0 Å². The summed E-state index contributed by atoms with van der Waals surface area (Å²) in [5.74, 6) is 0. The fraction of sp³-hybridized carbons (Fsp3) is 0. The average molecular weight is 355 g/mol. The number of hydrogen-bond acceptors (Lipinski definition) is 1. The van der Waals surface area contributed by atoms with Crippen LogP contribution in [-0.4, -0.2) is 4.98 Å². The van der Waals surface area contributed by atoms with Crippen molar-refractivity contribution in [3.8, 4) is 44.6 Å². The van der Waals surface area contributed by atoms with Crippen LogP contribution >= 0.6 is 0 Å². The molecule has 0 unspecified atom stereocenters. The number of benzene rings is 4. The smallest absolute Gasteiger partial charge is 0.0722 e. The van der Waals surface area contributed by atoms with Crippen molar-refractivity contribution >= 4 is 10.9 Å². The third kappa shape index (κ3) is 2.23. The summed E-state index contributed by atoms with van der Waals surface area (Å²) in [7, 11) is 0. The summed E-state index contributed by atoms with van der Waals surface area (Å²) in [6, 6.07) is 36.5. The normalized spacial score (nSPS) is 11.6. The SMILES string of the molecule is c1ccc(-c2cccc(-c3cc4c5c(cccc5n3)-c3ccccc3-4)c2)cc1. The van der Waals surface area contributed by atoms with Crippen molar-refractivity contribution in [3.05, 3.63) is 103 Å². The van der Waals surface area contributed by atoms with Gasteiger partial charge in [-0.2, -0.15) is 0 Å². The van der Waals surface area contributed by atoms with Crippen LogP contribution in [0.15, 0.2) is 103 Å². The molecule has 6 rings (SSSR count). The van der Waals surface area contributed by atoms with E-state index in [9.17, 15) is 0 Å². The molecule has 28 heavy (non-hydrogen) atoms. The molecule has 0 saturated carbocycles. The Kier molecular flexibility index (Phi) is 3.24. The van der Waals surface area contributed by atoms with E-state index in [0.29, 0.717) is 0 Å². The number of nitrogens with zero attached hydrogens (tertiary/aromatic N) is 1. The van der Waals surface area contributed by atoms with Crippen LogP contribution < -0.4 is 0 Å². The first-order chi connectivity index (χ1) is 13.9. The third-order valence-corrected chi connectivity index (χ3v) is 5.61. The van der Waals surface area contributed by atoms with Crippen molar-refractivity contribution < 1.29 is 0 Å². The quantitative estimate of drug-likeness (QED) is 0.319. The highest BCUT2D eigenvalue weighted by Gasteiger charge is 2.22. The molecule has 0 aliphatic heterocycles. The second-order valence-corrected chi connectivity index (χ2v) is 7.25. The second kappa shape index (κ2) is 5.90. The van der Waals surface area contributed by atoms with E-state index in [1.807, 2.05) is 0 Å². The van der Waals surface area contributed by atoms with E-state index in [2.05, 4.69) is 103 Å². The number of aromatic nitrogens is 1. The lowest BCUT2D eigenvalue weighted by Gasteiger charge is -2.09. The summed E-state index contributed by atoms with van der Waals surface area (Å²) in [5.41, 5.74) is 10.9. The van der Waals surface area contributed by atoms with Gasteiger partial charge in [-0.3, -0.25) is 0 Å². The van der Waals surface area contributed by atoms with Crippen LogP contribution in [0.5, 0.6) is 0 Å². The molecule has 1 heterocycles. The topological polar surface area (TPSA) is 12.9 Å². The molecule has 5 aromatic rings. The Balaban J connectivity index is 1.58. The maximum absolute atomic E-state index is 5.02. The maximum atomic E-state index is 5.02. The van der Waals surface area contributed by atoms with Crippen LogP contribution in [-0.2, 0) is 0 Å². The molecule has 0 bridgehead atoms. The van der Waals surface area contributed by atoms with E-state index < -0.39 is 0 Å². The number of hydrogen-bond donors (Lipinski definition) is 0. The van der Waals surface area contributed by atoms with E-state index in [1.165, 1.54) is 38.8 Å². The van der Waals surface area contributed by atoms with Crippen molar-refractivity contribution in [3.63, 3.8) is 0 Å². The van der Waals surface area contributed by atoms with Crippen LogP contribution in [0.25, 0.3) is 55.5 Å². The van der Waals surface area contributed by atoms with Gasteiger partial charge in [-0.05, 0) is 51.6 Å². The highest BCUT2D eigenvalue weighted by molar-refractivity contribution is 6.14. The molecule has 1 nitrogen and oxygen atoms in total. The molecular formula is C27H17N. The van der Waals surface area contributed by atoms with Gasteiger partial charge in [-0.25, -0.2) is 4.98 Å². The minimum absolute atomic E-state index is 1.02. The van der Waals surface area contributed by atoms with Gasteiger partial charge in [0.2, 0.25) is 0 Å². The Morgan fingerprint density at radius 3 is 1.93 bits per heavy atom. The standard InChI is InChI=1S/C27H17N/c1-2-8-18(9-3-1)19-10-6-11-20(16-19)26-17-24-22-13-5-4-12-21(22)23-14-7-15-25(28-26)27(23)24/h1-17H. The molecule has 1 aromatic heterocycles. The lowest BCUT2D eigenvalue weighted by atomic mass is 9.99. The van der Waals surface area contributed by atoms with E-state index in [0.717, 1.165) is 16.8 Å². The van der Waals surface area contributed by atoms with Crippen LogP contribution in [0.4, 0.5) is 0 Å². The molecule has 1 aliphatic rings. The van der Waals surface area contributed by atoms with Gasteiger partial charge in [0.15, 0.2) is 0 Å². The zero-order valence-electron chi connectivity index (χ0n) is 15.3. The van der Waals surface area contributed by atoms with Gasteiger partial charge in [0.1, 0.15) is 0 Å².